The van der Waals surface area contributed by atoms with Crippen LogP contribution in [0.4, 0.5) is 0 Å². The Balaban J connectivity index is 2.26. The Morgan fingerprint density at radius 3 is 2.50 bits per heavy atom. The average molecular weight is 219 g/mol. The van der Waals surface area contributed by atoms with E-state index >= 15 is 0 Å². The van der Waals surface area contributed by atoms with Crippen LogP contribution in [0.1, 0.15) is 39.0 Å². The molecule has 14 heavy (non-hydrogen) atoms. The lowest BCUT2D eigenvalue weighted by Crippen LogP contribution is -2.16. The Bertz CT molecular complexity index is 261. The van der Waals surface area contributed by atoms with E-state index in [9.17, 15) is 8.42 Å². The quantitative estimate of drug-likeness (QED) is 0.759. The van der Waals surface area contributed by atoms with Gasteiger partial charge in [0, 0.05) is 11.8 Å². The SMILES string of the molecule is CCCS(=O)(=O)CCC1CCC(N)C1. The minimum atomic E-state index is -2.78. The molecule has 1 aliphatic rings. The molecular weight excluding hydrogens is 198 g/mol. The van der Waals surface area contributed by atoms with Crippen LogP contribution < -0.4 is 5.73 Å². The van der Waals surface area contributed by atoms with Gasteiger partial charge in [-0.1, -0.05) is 6.92 Å². The zero-order valence-corrected chi connectivity index (χ0v) is 9.72. The standard InChI is InChI=1S/C10H21NO2S/c1-2-6-14(12,13)7-5-9-3-4-10(11)8-9/h9-10H,2-8,11H2,1H3. The second-order valence-corrected chi connectivity index (χ2v) is 6.68. The fourth-order valence-electron chi connectivity index (χ4n) is 2.14. The number of rotatable bonds is 5. The smallest absolute Gasteiger partial charge is 0.150 e. The van der Waals surface area contributed by atoms with Gasteiger partial charge in [0.25, 0.3) is 0 Å². The molecule has 0 spiro atoms. The van der Waals surface area contributed by atoms with Gasteiger partial charge >= 0.3 is 0 Å². The molecule has 84 valence electrons. The molecule has 2 atom stereocenters. The van der Waals surface area contributed by atoms with Gasteiger partial charge in [-0.25, -0.2) is 8.42 Å². The zero-order chi connectivity index (χ0) is 10.6. The average Bonchev–Trinajstić information content (AvgIpc) is 2.48. The molecule has 1 rings (SSSR count). The molecule has 0 bridgehead atoms. The van der Waals surface area contributed by atoms with Gasteiger partial charge in [-0.05, 0) is 38.0 Å². The molecule has 1 fully saturated rings. The van der Waals surface area contributed by atoms with E-state index in [2.05, 4.69) is 0 Å². The highest BCUT2D eigenvalue weighted by Crippen LogP contribution is 2.27. The van der Waals surface area contributed by atoms with Crippen molar-refractivity contribution in [2.24, 2.45) is 11.7 Å². The summed E-state index contributed by atoms with van der Waals surface area (Å²) in [6.45, 7) is 1.91. The summed E-state index contributed by atoms with van der Waals surface area (Å²) in [5.74, 6) is 1.25. The van der Waals surface area contributed by atoms with Crippen molar-refractivity contribution in [3.8, 4) is 0 Å². The number of sulfone groups is 1. The highest BCUT2D eigenvalue weighted by molar-refractivity contribution is 7.91. The van der Waals surface area contributed by atoms with Gasteiger partial charge in [-0.2, -0.15) is 0 Å². The monoisotopic (exact) mass is 219 g/mol. The molecule has 0 amide bonds. The van der Waals surface area contributed by atoms with E-state index in [-0.39, 0.29) is 0 Å². The minimum absolute atomic E-state index is 0.314. The van der Waals surface area contributed by atoms with Gasteiger partial charge in [0.15, 0.2) is 0 Å². The maximum atomic E-state index is 11.4. The summed E-state index contributed by atoms with van der Waals surface area (Å²) in [4.78, 5) is 0. The summed E-state index contributed by atoms with van der Waals surface area (Å²) in [5.41, 5.74) is 5.77. The molecule has 0 aromatic carbocycles. The summed E-state index contributed by atoms with van der Waals surface area (Å²) >= 11 is 0. The first-order valence-electron chi connectivity index (χ1n) is 5.49. The molecular formula is C10H21NO2S. The predicted octanol–water partition coefficient (Wildman–Crippen LogP) is 1.33. The second kappa shape index (κ2) is 5.12. The predicted molar refractivity (Wildman–Crippen MR) is 58.9 cm³/mol. The highest BCUT2D eigenvalue weighted by Gasteiger charge is 2.23. The molecule has 2 N–H and O–H groups in total. The molecule has 0 saturated heterocycles. The Morgan fingerprint density at radius 2 is 2.00 bits per heavy atom. The molecule has 4 heteroatoms. The lowest BCUT2D eigenvalue weighted by Gasteiger charge is -2.09. The summed E-state index contributed by atoms with van der Waals surface area (Å²) < 4.78 is 22.9. The third kappa shape index (κ3) is 3.96. The summed E-state index contributed by atoms with van der Waals surface area (Å²) in [6.07, 6.45) is 4.74. The topological polar surface area (TPSA) is 60.2 Å². The van der Waals surface area contributed by atoms with E-state index in [1.165, 1.54) is 0 Å². The normalized spacial score (nSPS) is 28.1. The fourth-order valence-corrected chi connectivity index (χ4v) is 3.65. The molecule has 3 nitrogen and oxygen atoms in total. The van der Waals surface area contributed by atoms with Crippen LogP contribution in [-0.4, -0.2) is 26.0 Å². The Morgan fingerprint density at radius 1 is 1.29 bits per heavy atom. The first-order chi connectivity index (χ1) is 6.53. The largest absolute Gasteiger partial charge is 0.328 e. The minimum Gasteiger partial charge on any atom is -0.328 e. The Hall–Kier alpha value is -0.0900. The van der Waals surface area contributed by atoms with Crippen LogP contribution in [-0.2, 0) is 9.84 Å². The van der Waals surface area contributed by atoms with Crippen molar-refractivity contribution in [3.63, 3.8) is 0 Å². The first kappa shape index (κ1) is 12.0. The van der Waals surface area contributed by atoms with Crippen LogP contribution in [0.15, 0.2) is 0 Å². The summed E-state index contributed by atoms with van der Waals surface area (Å²) in [5, 5.41) is 0. The molecule has 0 aromatic rings. The van der Waals surface area contributed by atoms with Crippen LogP contribution in [0.3, 0.4) is 0 Å². The molecule has 0 aliphatic heterocycles. The van der Waals surface area contributed by atoms with E-state index in [0.717, 1.165) is 32.1 Å². The third-order valence-corrected chi connectivity index (χ3v) is 4.82. The van der Waals surface area contributed by atoms with Crippen LogP contribution in [0.25, 0.3) is 0 Å². The zero-order valence-electron chi connectivity index (χ0n) is 8.91. The van der Waals surface area contributed by atoms with Crippen molar-refractivity contribution < 1.29 is 8.42 Å². The van der Waals surface area contributed by atoms with Crippen LogP contribution >= 0.6 is 0 Å². The molecule has 0 aromatic heterocycles. The van der Waals surface area contributed by atoms with Gasteiger partial charge < -0.3 is 5.73 Å². The summed E-state index contributed by atoms with van der Waals surface area (Å²) in [7, 11) is -2.78. The summed E-state index contributed by atoms with van der Waals surface area (Å²) in [6, 6.07) is 0.314. The van der Waals surface area contributed by atoms with Crippen molar-refractivity contribution >= 4 is 9.84 Å². The number of nitrogens with two attached hydrogens (primary N) is 1. The second-order valence-electron chi connectivity index (χ2n) is 4.38. The van der Waals surface area contributed by atoms with Crippen LogP contribution in [0.5, 0.6) is 0 Å². The molecule has 1 saturated carbocycles. The van der Waals surface area contributed by atoms with Crippen molar-refractivity contribution in [1.82, 2.24) is 0 Å². The molecule has 0 radical (unpaired) electrons. The maximum Gasteiger partial charge on any atom is 0.150 e. The van der Waals surface area contributed by atoms with Crippen molar-refractivity contribution in [2.75, 3.05) is 11.5 Å². The van der Waals surface area contributed by atoms with E-state index in [1.807, 2.05) is 6.92 Å². The van der Waals surface area contributed by atoms with Crippen LogP contribution in [0, 0.1) is 5.92 Å². The number of hydrogen-bond acceptors (Lipinski definition) is 3. The van der Waals surface area contributed by atoms with E-state index < -0.39 is 9.84 Å². The van der Waals surface area contributed by atoms with Gasteiger partial charge in [0.05, 0.1) is 5.75 Å². The lowest BCUT2D eigenvalue weighted by molar-refractivity contribution is 0.512. The first-order valence-corrected chi connectivity index (χ1v) is 7.31. The molecule has 1 aliphatic carbocycles. The fraction of sp³-hybridized carbons (Fsp3) is 1.00. The number of hydrogen-bond donors (Lipinski definition) is 1. The van der Waals surface area contributed by atoms with Gasteiger partial charge in [-0.3, -0.25) is 0 Å². The highest BCUT2D eigenvalue weighted by atomic mass is 32.2. The van der Waals surface area contributed by atoms with Gasteiger partial charge in [-0.15, -0.1) is 0 Å². The van der Waals surface area contributed by atoms with Gasteiger partial charge in [0.2, 0.25) is 0 Å². The molecule has 2 unspecified atom stereocenters. The van der Waals surface area contributed by atoms with E-state index in [4.69, 9.17) is 5.73 Å². The lowest BCUT2D eigenvalue weighted by atomic mass is 10.1. The van der Waals surface area contributed by atoms with Crippen molar-refractivity contribution in [1.29, 1.82) is 0 Å². The van der Waals surface area contributed by atoms with Gasteiger partial charge in [0.1, 0.15) is 9.84 Å². The van der Waals surface area contributed by atoms with E-state index in [0.29, 0.717) is 23.5 Å². The van der Waals surface area contributed by atoms with Crippen molar-refractivity contribution in [3.05, 3.63) is 0 Å². The molecule has 0 heterocycles. The Kier molecular flexibility index (Phi) is 4.38. The van der Waals surface area contributed by atoms with Crippen molar-refractivity contribution in [2.45, 2.75) is 45.1 Å². The third-order valence-electron chi connectivity index (χ3n) is 2.93. The maximum absolute atomic E-state index is 11.4. The Labute approximate surface area is 87.0 Å². The van der Waals surface area contributed by atoms with E-state index in [1.54, 1.807) is 0 Å². The van der Waals surface area contributed by atoms with Crippen LogP contribution in [0.2, 0.25) is 0 Å².